The molecule has 1 nitrogen and oxygen atoms in total. The Morgan fingerprint density at radius 3 is 2.33 bits per heavy atom. The van der Waals surface area contributed by atoms with Gasteiger partial charge >= 0.3 is 0 Å². The van der Waals surface area contributed by atoms with Crippen molar-refractivity contribution < 1.29 is 4.79 Å². The van der Waals surface area contributed by atoms with Gasteiger partial charge in [-0.05, 0) is 48.3 Å². The highest BCUT2D eigenvalue weighted by molar-refractivity contribution is 6.66. The van der Waals surface area contributed by atoms with Gasteiger partial charge in [-0.1, -0.05) is 52.7 Å². The van der Waals surface area contributed by atoms with Crippen LogP contribution in [0.25, 0.3) is 0 Å². The molecule has 0 aromatic carbocycles. The summed E-state index contributed by atoms with van der Waals surface area (Å²) >= 11 is 5.30. The maximum Gasteiger partial charge on any atom is 0.245 e. The van der Waals surface area contributed by atoms with E-state index in [1.807, 2.05) is 13.0 Å². The first-order chi connectivity index (χ1) is 8.36. The van der Waals surface area contributed by atoms with Crippen LogP contribution in [0.3, 0.4) is 0 Å². The van der Waals surface area contributed by atoms with Gasteiger partial charge in [0, 0.05) is 6.08 Å². The molecule has 0 spiro atoms. The fourth-order valence-electron chi connectivity index (χ4n) is 2.18. The zero-order valence-electron chi connectivity index (χ0n) is 12.4. The number of carbonyl (C=O) groups excluding carboxylic acids is 1. The molecule has 0 amide bonds. The zero-order valence-corrected chi connectivity index (χ0v) is 13.1. The molecule has 0 aromatic heterocycles. The summed E-state index contributed by atoms with van der Waals surface area (Å²) < 4.78 is 0. The summed E-state index contributed by atoms with van der Waals surface area (Å²) in [4.78, 5) is 10.7. The molecule has 3 atom stereocenters. The molecule has 0 N–H and O–H groups in total. The maximum atomic E-state index is 10.7. The molecule has 0 heterocycles. The lowest BCUT2D eigenvalue weighted by molar-refractivity contribution is -0.107. The number of hydrogen-bond donors (Lipinski definition) is 0. The van der Waals surface area contributed by atoms with E-state index in [1.165, 1.54) is 25.3 Å². The lowest BCUT2D eigenvalue weighted by atomic mass is 9.85. The van der Waals surface area contributed by atoms with Crippen molar-refractivity contribution in [2.45, 2.75) is 53.9 Å². The van der Waals surface area contributed by atoms with Crippen LogP contribution in [0, 0.1) is 17.8 Å². The average molecular weight is 271 g/mol. The van der Waals surface area contributed by atoms with Crippen LogP contribution in [-0.2, 0) is 4.79 Å². The quantitative estimate of drug-likeness (QED) is 0.330. The average Bonchev–Trinajstić information content (AvgIpc) is 2.25. The molecule has 3 unspecified atom stereocenters. The number of carbonyl (C=O) groups is 1. The van der Waals surface area contributed by atoms with Gasteiger partial charge in [0.2, 0.25) is 5.24 Å². The minimum absolute atomic E-state index is 0.408. The van der Waals surface area contributed by atoms with Crippen LogP contribution in [0.5, 0.6) is 0 Å². The van der Waals surface area contributed by atoms with E-state index in [2.05, 4.69) is 33.8 Å². The van der Waals surface area contributed by atoms with Crippen LogP contribution in [0.2, 0.25) is 0 Å². The second-order valence-electron chi connectivity index (χ2n) is 5.51. The Balaban J connectivity index is 4.21. The standard InChI is InChI=1S/C16H27ClO/c1-6-7-14(4)15(5)10-12(2)8-9-13(3)11-16(17)18/h8-9,11-12,14-15H,6-7,10H2,1-5H3. The van der Waals surface area contributed by atoms with E-state index in [-0.39, 0.29) is 0 Å². The Hall–Kier alpha value is -0.560. The van der Waals surface area contributed by atoms with Crippen LogP contribution < -0.4 is 0 Å². The van der Waals surface area contributed by atoms with Crippen LogP contribution in [0.4, 0.5) is 0 Å². The molecule has 0 radical (unpaired) electrons. The largest absolute Gasteiger partial charge is 0.276 e. The summed E-state index contributed by atoms with van der Waals surface area (Å²) in [6, 6.07) is 0. The van der Waals surface area contributed by atoms with Crippen molar-refractivity contribution in [2.75, 3.05) is 0 Å². The van der Waals surface area contributed by atoms with Crippen molar-refractivity contribution in [1.29, 1.82) is 0 Å². The van der Waals surface area contributed by atoms with E-state index in [4.69, 9.17) is 11.6 Å². The molecule has 0 aliphatic carbocycles. The Kier molecular flexibility index (Phi) is 9.09. The Morgan fingerprint density at radius 2 is 1.83 bits per heavy atom. The fraction of sp³-hybridized carbons (Fsp3) is 0.688. The van der Waals surface area contributed by atoms with Gasteiger partial charge in [0.25, 0.3) is 0 Å². The van der Waals surface area contributed by atoms with E-state index in [1.54, 1.807) is 0 Å². The monoisotopic (exact) mass is 270 g/mol. The van der Waals surface area contributed by atoms with Gasteiger partial charge in [0.1, 0.15) is 0 Å². The minimum Gasteiger partial charge on any atom is -0.276 e. The molecular formula is C16H27ClO. The summed E-state index contributed by atoms with van der Waals surface area (Å²) in [7, 11) is 0. The van der Waals surface area contributed by atoms with E-state index in [0.29, 0.717) is 5.92 Å². The maximum absolute atomic E-state index is 10.7. The van der Waals surface area contributed by atoms with Gasteiger partial charge in [-0.25, -0.2) is 0 Å². The topological polar surface area (TPSA) is 17.1 Å². The third kappa shape index (κ3) is 8.52. The van der Waals surface area contributed by atoms with E-state index in [0.717, 1.165) is 17.4 Å². The van der Waals surface area contributed by atoms with Gasteiger partial charge in [-0.15, -0.1) is 0 Å². The van der Waals surface area contributed by atoms with Gasteiger partial charge in [-0.3, -0.25) is 4.79 Å². The summed E-state index contributed by atoms with van der Waals surface area (Å²) in [6.07, 6.45) is 9.36. The summed E-state index contributed by atoms with van der Waals surface area (Å²) in [5.74, 6) is 2.06. The highest BCUT2D eigenvalue weighted by Gasteiger charge is 2.13. The smallest absolute Gasteiger partial charge is 0.245 e. The molecule has 0 saturated carbocycles. The second-order valence-corrected chi connectivity index (χ2v) is 5.88. The van der Waals surface area contributed by atoms with Crippen LogP contribution in [0.15, 0.2) is 23.8 Å². The summed E-state index contributed by atoms with van der Waals surface area (Å²) in [5, 5.41) is -0.408. The van der Waals surface area contributed by atoms with Crippen molar-refractivity contribution in [3.63, 3.8) is 0 Å². The molecule has 0 aliphatic heterocycles. The van der Waals surface area contributed by atoms with Crippen molar-refractivity contribution in [2.24, 2.45) is 17.8 Å². The molecule has 0 aliphatic rings. The van der Waals surface area contributed by atoms with E-state index in [9.17, 15) is 4.79 Å². The van der Waals surface area contributed by atoms with Gasteiger partial charge in [0.05, 0.1) is 0 Å². The predicted molar refractivity (Wildman–Crippen MR) is 80.8 cm³/mol. The molecule has 0 fully saturated rings. The number of allylic oxidation sites excluding steroid dienone is 4. The van der Waals surface area contributed by atoms with Crippen LogP contribution in [0.1, 0.15) is 53.9 Å². The van der Waals surface area contributed by atoms with Gasteiger partial charge < -0.3 is 0 Å². The SMILES string of the molecule is CCCC(C)C(C)CC(C)C=CC(C)=CC(=O)Cl. The molecule has 0 aromatic rings. The summed E-state index contributed by atoms with van der Waals surface area (Å²) in [6.45, 7) is 11.0. The highest BCUT2D eigenvalue weighted by atomic mass is 35.5. The van der Waals surface area contributed by atoms with Crippen LogP contribution >= 0.6 is 11.6 Å². The zero-order chi connectivity index (χ0) is 14.1. The Bertz CT molecular complexity index is 304. The van der Waals surface area contributed by atoms with E-state index >= 15 is 0 Å². The normalized spacial score (nSPS) is 17.8. The predicted octanol–water partition coefficient (Wildman–Crippen LogP) is 5.35. The first-order valence-corrected chi connectivity index (χ1v) is 7.30. The lowest BCUT2D eigenvalue weighted by Gasteiger charge is -2.21. The van der Waals surface area contributed by atoms with Crippen molar-refractivity contribution in [1.82, 2.24) is 0 Å². The molecule has 2 heteroatoms. The fourth-order valence-corrected chi connectivity index (χ4v) is 2.35. The lowest BCUT2D eigenvalue weighted by Crippen LogP contribution is -2.10. The molecule has 18 heavy (non-hydrogen) atoms. The number of hydrogen-bond acceptors (Lipinski definition) is 1. The van der Waals surface area contributed by atoms with Crippen LogP contribution in [-0.4, -0.2) is 5.24 Å². The number of rotatable bonds is 8. The third-order valence-electron chi connectivity index (χ3n) is 3.49. The van der Waals surface area contributed by atoms with Crippen molar-refractivity contribution >= 4 is 16.8 Å². The molecular weight excluding hydrogens is 244 g/mol. The van der Waals surface area contributed by atoms with Crippen molar-refractivity contribution in [3.8, 4) is 0 Å². The number of halogens is 1. The molecule has 0 rings (SSSR count). The minimum atomic E-state index is -0.408. The Labute approximate surface area is 117 Å². The summed E-state index contributed by atoms with van der Waals surface area (Å²) in [5.41, 5.74) is 0.913. The first-order valence-electron chi connectivity index (χ1n) is 6.92. The first kappa shape index (κ1) is 17.4. The second kappa shape index (κ2) is 9.38. The van der Waals surface area contributed by atoms with Crippen molar-refractivity contribution in [3.05, 3.63) is 23.8 Å². The molecule has 0 saturated heterocycles. The third-order valence-corrected chi connectivity index (χ3v) is 3.60. The Morgan fingerprint density at radius 1 is 1.22 bits per heavy atom. The van der Waals surface area contributed by atoms with Gasteiger partial charge in [-0.2, -0.15) is 0 Å². The van der Waals surface area contributed by atoms with E-state index < -0.39 is 5.24 Å². The highest BCUT2D eigenvalue weighted by Crippen LogP contribution is 2.24. The molecule has 0 bridgehead atoms. The van der Waals surface area contributed by atoms with Gasteiger partial charge in [0.15, 0.2) is 0 Å². The molecule has 104 valence electrons.